The zero-order chi connectivity index (χ0) is 14.0. The van der Waals surface area contributed by atoms with Gasteiger partial charge >= 0.3 is 12.3 Å². The van der Waals surface area contributed by atoms with Gasteiger partial charge in [0, 0.05) is 6.20 Å². The summed E-state index contributed by atoms with van der Waals surface area (Å²) in [4.78, 5) is 14.2. The van der Waals surface area contributed by atoms with Crippen molar-refractivity contribution in [1.82, 2.24) is 14.8 Å². The minimum atomic E-state index is -4.77. The van der Waals surface area contributed by atoms with Gasteiger partial charge in [-0.05, 0) is 12.1 Å². The van der Waals surface area contributed by atoms with Crippen LogP contribution in [0.5, 0.6) is 0 Å². The number of aromatic nitrogens is 3. The third-order valence-corrected chi connectivity index (χ3v) is 2.15. The molecule has 100 valence electrons. The van der Waals surface area contributed by atoms with Crippen molar-refractivity contribution >= 4 is 11.8 Å². The monoisotopic (exact) mass is 272 g/mol. The van der Waals surface area contributed by atoms with E-state index in [4.69, 9.17) is 5.11 Å². The number of nitrogens with zero attached hydrogens (tertiary/aromatic N) is 3. The molecule has 2 aromatic rings. The number of nitrogens with one attached hydrogen (secondary N) is 1. The Kier molecular flexibility index (Phi) is 3.11. The number of carbonyl (C=O) groups is 1. The second kappa shape index (κ2) is 4.59. The number of carboxylic acid groups (broad SMARTS) is 1. The van der Waals surface area contributed by atoms with Gasteiger partial charge in [0.15, 0.2) is 11.5 Å². The van der Waals surface area contributed by atoms with Gasteiger partial charge in [-0.1, -0.05) is 6.07 Å². The molecule has 0 saturated carbocycles. The van der Waals surface area contributed by atoms with Crippen molar-refractivity contribution in [2.45, 2.75) is 6.18 Å². The molecule has 0 aliphatic carbocycles. The highest BCUT2D eigenvalue weighted by molar-refractivity contribution is 5.83. The molecule has 0 aliphatic rings. The number of anilines is 1. The Bertz CT molecular complexity index is 595. The van der Waals surface area contributed by atoms with E-state index in [-0.39, 0.29) is 5.82 Å². The van der Waals surface area contributed by atoms with E-state index < -0.39 is 23.7 Å². The molecule has 2 aromatic heterocycles. The number of pyridine rings is 1. The quantitative estimate of drug-likeness (QED) is 0.879. The maximum Gasteiger partial charge on any atom is 0.435 e. The van der Waals surface area contributed by atoms with Gasteiger partial charge in [0.25, 0.3) is 0 Å². The predicted molar refractivity (Wildman–Crippen MR) is 58.0 cm³/mol. The molecular weight excluding hydrogens is 265 g/mol. The van der Waals surface area contributed by atoms with Gasteiger partial charge in [-0.2, -0.15) is 18.3 Å². The van der Waals surface area contributed by atoms with Crippen LogP contribution in [0.3, 0.4) is 0 Å². The number of amides is 1. The number of hydrogen-bond acceptors (Lipinski definition) is 3. The van der Waals surface area contributed by atoms with Crippen LogP contribution < -0.4 is 5.32 Å². The summed E-state index contributed by atoms with van der Waals surface area (Å²) in [6.07, 6.45) is -4.29. The van der Waals surface area contributed by atoms with Gasteiger partial charge in [0.2, 0.25) is 0 Å². The third kappa shape index (κ3) is 2.64. The maximum absolute atomic E-state index is 13.0. The van der Waals surface area contributed by atoms with Crippen LogP contribution in [0.25, 0.3) is 5.82 Å². The first kappa shape index (κ1) is 12.9. The fraction of sp³-hybridized carbons (Fsp3) is 0.100. The van der Waals surface area contributed by atoms with E-state index in [9.17, 15) is 18.0 Å². The van der Waals surface area contributed by atoms with Gasteiger partial charge in [0.05, 0.1) is 11.9 Å². The lowest BCUT2D eigenvalue weighted by molar-refractivity contribution is -0.142. The Balaban J connectivity index is 2.57. The van der Waals surface area contributed by atoms with Gasteiger partial charge in [0.1, 0.15) is 0 Å². The topological polar surface area (TPSA) is 80.0 Å². The molecule has 0 spiro atoms. The smallest absolute Gasteiger partial charge is 0.435 e. The van der Waals surface area contributed by atoms with Crippen molar-refractivity contribution in [2.24, 2.45) is 0 Å². The Morgan fingerprint density at radius 2 is 2.11 bits per heavy atom. The van der Waals surface area contributed by atoms with E-state index in [2.05, 4.69) is 10.1 Å². The molecule has 0 saturated heterocycles. The zero-order valence-corrected chi connectivity index (χ0v) is 9.22. The molecule has 0 aliphatic heterocycles. The van der Waals surface area contributed by atoms with Crippen LogP contribution in [-0.2, 0) is 6.18 Å². The van der Waals surface area contributed by atoms with Gasteiger partial charge in [-0.15, -0.1) is 0 Å². The Morgan fingerprint density at radius 3 is 2.63 bits per heavy atom. The zero-order valence-electron chi connectivity index (χ0n) is 9.22. The predicted octanol–water partition coefficient (Wildman–Crippen LogP) is 2.38. The third-order valence-electron chi connectivity index (χ3n) is 2.15. The molecule has 0 aromatic carbocycles. The fourth-order valence-electron chi connectivity index (χ4n) is 1.48. The molecule has 9 heteroatoms. The second-order valence-electron chi connectivity index (χ2n) is 3.43. The normalized spacial score (nSPS) is 11.3. The lowest BCUT2D eigenvalue weighted by Crippen LogP contribution is -2.18. The number of rotatable bonds is 2. The molecule has 0 fully saturated rings. The van der Waals surface area contributed by atoms with Crippen LogP contribution in [0.15, 0.2) is 30.6 Å². The molecule has 0 atom stereocenters. The van der Waals surface area contributed by atoms with Crippen molar-refractivity contribution < 1.29 is 23.1 Å². The maximum atomic E-state index is 13.0. The summed E-state index contributed by atoms with van der Waals surface area (Å²) < 4.78 is 39.4. The molecule has 19 heavy (non-hydrogen) atoms. The Hall–Kier alpha value is -2.58. The Labute approximate surface area is 104 Å². The summed E-state index contributed by atoms with van der Waals surface area (Å²) >= 11 is 0. The standard InChI is InChI=1S/C10H7F3N4O2/c11-10(12,13)8-6(16-9(18)19)5-15-17(8)7-3-1-2-4-14-7/h1-5,16H,(H,18,19). The van der Waals surface area contributed by atoms with Crippen LogP contribution in [0.2, 0.25) is 0 Å². The first-order valence-corrected chi connectivity index (χ1v) is 4.96. The summed E-state index contributed by atoms with van der Waals surface area (Å²) in [6, 6.07) is 4.36. The van der Waals surface area contributed by atoms with E-state index in [1.807, 2.05) is 0 Å². The highest BCUT2D eigenvalue weighted by Gasteiger charge is 2.39. The summed E-state index contributed by atoms with van der Waals surface area (Å²) in [5.74, 6) is -0.0618. The number of halogens is 3. The molecular formula is C10H7F3N4O2. The van der Waals surface area contributed by atoms with Crippen LogP contribution in [-0.4, -0.2) is 26.0 Å². The van der Waals surface area contributed by atoms with Crippen LogP contribution in [0.1, 0.15) is 5.69 Å². The molecule has 0 unspecified atom stereocenters. The summed E-state index contributed by atoms with van der Waals surface area (Å²) in [6.45, 7) is 0. The highest BCUT2D eigenvalue weighted by atomic mass is 19.4. The minimum Gasteiger partial charge on any atom is -0.465 e. The van der Waals surface area contributed by atoms with Crippen molar-refractivity contribution in [3.63, 3.8) is 0 Å². The first-order valence-electron chi connectivity index (χ1n) is 4.96. The lowest BCUT2D eigenvalue weighted by atomic mass is 10.3. The SMILES string of the molecule is O=C(O)Nc1cnn(-c2ccccn2)c1C(F)(F)F. The molecule has 1 amide bonds. The molecule has 2 N–H and O–H groups in total. The van der Waals surface area contributed by atoms with Crippen molar-refractivity contribution in [1.29, 1.82) is 0 Å². The average Bonchev–Trinajstić information content (AvgIpc) is 2.72. The van der Waals surface area contributed by atoms with Crippen LogP contribution in [0, 0.1) is 0 Å². The summed E-state index contributed by atoms with van der Waals surface area (Å²) in [5.41, 5.74) is -1.88. The van der Waals surface area contributed by atoms with Gasteiger partial charge in [-0.3, -0.25) is 5.32 Å². The Morgan fingerprint density at radius 1 is 1.37 bits per heavy atom. The molecule has 2 rings (SSSR count). The number of hydrogen-bond donors (Lipinski definition) is 2. The van der Waals surface area contributed by atoms with Crippen molar-refractivity contribution in [3.05, 3.63) is 36.3 Å². The van der Waals surface area contributed by atoms with Gasteiger partial charge in [-0.25, -0.2) is 14.5 Å². The van der Waals surface area contributed by atoms with Gasteiger partial charge < -0.3 is 5.11 Å². The van der Waals surface area contributed by atoms with E-state index in [0.717, 1.165) is 6.20 Å². The van der Waals surface area contributed by atoms with Crippen molar-refractivity contribution in [2.75, 3.05) is 5.32 Å². The first-order chi connectivity index (χ1) is 8.89. The van der Waals surface area contributed by atoms with E-state index in [1.54, 1.807) is 5.32 Å². The van der Waals surface area contributed by atoms with E-state index in [1.165, 1.54) is 24.4 Å². The molecule has 0 bridgehead atoms. The summed E-state index contributed by atoms with van der Waals surface area (Å²) in [7, 11) is 0. The molecule has 6 nitrogen and oxygen atoms in total. The highest BCUT2D eigenvalue weighted by Crippen LogP contribution is 2.35. The summed E-state index contributed by atoms with van der Waals surface area (Å²) in [5, 5.41) is 13.7. The van der Waals surface area contributed by atoms with E-state index in [0.29, 0.717) is 4.68 Å². The van der Waals surface area contributed by atoms with E-state index >= 15 is 0 Å². The fourth-order valence-corrected chi connectivity index (χ4v) is 1.48. The number of alkyl halides is 3. The largest absolute Gasteiger partial charge is 0.465 e. The van der Waals surface area contributed by atoms with Crippen LogP contribution in [0.4, 0.5) is 23.7 Å². The average molecular weight is 272 g/mol. The van der Waals surface area contributed by atoms with Crippen LogP contribution >= 0.6 is 0 Å². The molecule has 0 radical (unpaired) electrons. The second-order valence-corrected chi connectivity index (χ2v) is 3.43. The van der Waals surface area contributed by atoms with Crippen molar-refractivity contribution in [3.8, 4) is 5.82 Å². The lowest BCUT2D eigenvalue weighted by Gasteiger charge is -2.11. The minimum absolute atomic E-state index is 0.0618. The molecule has 2 heterocycles.